The monoisotopic (exact) mass is 327 g/mol. The molecule has 0 unspecified atom stereocenters. The maximum absolute atomic E-state index is 13.2. The molecule has 0 aliphatic rings. The van der Waals surface area contributed by atoms with Crippen LogP contribution < -0.4 is 4.90 Å². The molecule has 0 N–H and O–H groups in total. The van der Waals surface area contributed by atoms with Gasteiger partial charge in [-0.1, -0.05) is 0 Å². The van der Waals surface area contributed by atoms with Gasteiger partial charge in [0.2, 0.25) is 0 Å². The highest BCUT2D eigenvalue weighted by molar-refractivity contribution is 5.81. The van der Waals surface area contributed by atoms with E-state index in [2.05, 4.69) is 4.98 Å². The number of hydrogen-bond donors (Lipinski definition) is 0. The Kier molecular flexibility index (Phi) is 4.15. The van der Waals surface area contributed by atoms with Crippen molar-refractivity contribution in [2.24, 2.45) is 0 Å². The summed E-state index contributed by atoms with van der Waals surface area (Å²) in [6.07, 6.45) is 2.55. The summed E-state index contributed by atoms with van der Waals surface area (Å²) in [5.41, 5.74) is 1.02. The van der Waals surface area contributed by atoms with Crippen LogP contribution in [0, 0.1) is 21.7 Å². The Balaban J connectivity index is 2.21. The highest BCUT2D eigenvalue weighted by Gasteiger charge is 2.22. The number of aromatic nitrogens is 1. The lowest BCUT2D eigenvalue weighted by atomic mass is 10.2. The van der Waals surface area contributed by atoms with E-state index in [1.165, 1.54) is 60.8 Å². The second-order valence-electron chi connectivity index (χ2n) is 4.91. The topological polar surface area (TPSA) is 59.3 Å². The molecule has 0 aliphatic carbocycles. The highest BCUT2D eigenvalue weighted by atomic mass is 19.1. The molecule has 7 heteroatoms. The van der Waals surface area contributed by atoms with E-state index in [0.717, 1.165) is 6.20 Å². The van der Waals surface area contributed by atoms with E-state index in [4.69, 9.17) is 0 Å². The fourth-order valence-corrected chi connectivity index (χ4v) is 2.32. The van der Waals surface area contributed by atoms with Crippen LogP contribution in [0.1, 0.15) is 0 Å². The minimum atomic E-state index is -0.553. The Labute approximate surface area is 136 Å². The molecule has 0 atom stereocenters. The smallest absolute Gasteiger partial charge is 0.304 e. The molecule has 120 valence electrons. The first-order chi connectivity index (χ1) is 11.6. The van der Waals surface area contributed by atoms with Crippen LogP contribution in [0.5, 0.6) is 0 Å². The zero-order valence-electron chi connectivity index (χ0n) is 12.3. The van der Waals surface area contributed by atoms with Crippen molar-refractivity contribution in [2.75, 3.05) is 4.90 Å². The van der Waals surface area contributed by atoms with Gasteiger partial charge in [0, 0.05) is 17.6 Å². The minimum absolute atomic E-state index is 0.217. The first-order valence-electron chi connectivity index (χ1n) is 6.96. The predicted molar refractivity (Wildman–Crippen MR) is 85.5 cm³/mol. The number of anilines is 3. The van der Waals surface area contributed by atoms with Crippen LogP contribution >= 0.6 is 0 Å². The first-order valence-corrected chi connectivity index (χ1v) is 6.96. The normalized spacial score (nSPS) is 10.4. The van der Waals surface area contributed by atoms with E-state index in [1.54, 1.807) is 4.90 Å². The second kappa shape index (κ2) is 6.41. The molecule has 24 heavy (non-hydrogen) atoms. The summed E-state index contributed by atoms with van der Waals surface area (Å²) in [6, 6.07) is 12.4. The molecular formula is C17H11F2N3O2. The molecule has 0 aliphatic heterocycles. The van der Waals surface area contributed by atoms with E-state index in [-0.39, 0.29) is 11.4 Å². The highest BCUT2D eigenvalue weighted by Crippen LogP contribution is 2.39. The van der Waals surface area contributed by atoms with Crippen LogP contribution in [-0.4, -0.2) is 9.91 Å². The zero-order valence-corrected chi connectivity index (χ0v) is 12.3. The van der Waals surface area contributed by atoms with E-state index in [0.29, 0.717) is 11.4 Å². The molecule has 0 saturated heterocycles. The summed E-state index contributed by atoms with van der Waals surface area (Å²) < 4.78 is 26.5. The van der Waals surface area contributed by atoms with E-state index < -0.39 is 16.6 Å². The van der Waals surface area contributed by atoms with Crippen molar-refractivity contribution in [3.8, 4) is 0 Å². The number of hydrogen-bond acceptors (Lipinski definition) is 4. The van der Waals surface area contributed by atoms with Gasteiger partial charge in [0.05, 0.1) is 4.92 Å². The van der Waals surface area contributed by atoms with Crippen LogP contribution in [0.3, 0.4) is 0 Å². The van der Waals surface area contributed by atoms with Gasteiger partial charge in [-0.15, -0.1) is 0 Å². The van der Waals surface area contributed by atoms with Gasteiger partial charge < -0.3 is 4.90 Å². The fraction of sp³-hybridized carbons (Fsp3) is 0. The number of nitro groups is 1. The number of nitrogens with zero attached hydrogens (tertiary/aromatic N) is 3. The molecule has 5 nitrogen and oxygen atoms in total. The third kappa shape index (κ3) is 3.05. The van der Waals surface area contributed by atoms with Gasteiger partial charge in [0.25, 0.3) is 0 Å². The van der Waals surface area contributed by atoms with Gasteiger partial charge in [-0.05, 0) is 54.6 Å². The number of rotatable bonds is 4. The molecule has 0 fully saturated rings. The summed E-state index contributed by atoms with van der Waals surface area (Å²) in [5, 5.41) is 11.3. The van der Waals surface area contributed by atoms with Gasteiger partial charge in [0.1, 0.15) is 23.5 Å². The SMILES string of the molecule is O=[N+]([O-])c1cnccc1N(c1ccc(F)cc1)c1ccc(F)cc1. The van der Waals surface area contributed by atoms with Crippen molar-refractivity contribution >= 4 is 22.7 Å². The van der Waals surface area contributed by atoms with Gasteiger partial charge in [-0.25, -0.2) is 8.78 Å². The lowest BCUT2D eigenvalue weighted by Crippen LogP contribution is -2.12. The van der Waals surface area contributed by atoms with Crippen molar-refractivity contribution in [3.05, 3.63) is 88.7 Å². The molecule has 0 saturated carbocycles. The van der Waals surface area contributed by atoms with Gasteiger partial charge in [-0.3, -0.25) is 15.1 Å². The van der Waals surface area contributed by atoms with Crippen LogP contribution in [0.4, 0.5) is 31.5 Å². The van der Waals surface area contributed by atoms with E-state index in [9.17, 15) is 18.9 Å². The predicted octanol–water partition coefficient (Wildman–Crippen LogP) is 4.74. The lowest BCUT2D eigenvalue weighted by Gasteiger charge is -2.24. The Morgan fingerprint density at radius 1 is 0.875 bits per heavy atom. The summed E-state index contributed by atoms with van der Waals surface area (Å²) >= 11 is 0. The van der Waals surface area contributed by atoms with Crippen molar-refractivity contribution < 1.29 is 13.7 Å². The quantitative estimate of drug-likeness (QED) is 0.513. The van der Waals surface area contributed by atoms with Crippen LogP contribution in [0.2, 0.25) is 0 Å². The number of halogens is 2. The van der Waals surface area contributed by atoms with Gasteiger partial charge >= 0.3 is 5.69 Å². The van der Waals surface area contributed by atoms with Crippen LogP contribution in [0.15, 0.2) is 67.0 Å². The van der Waals surface area contributed by atoms with E-state index >= 15 is 0 Å². The largest absolute Gasteiger partial charge is 0.311 e. The van der Waals surface area contributed by atoms with Gasteiger partial charge in [0.15, 0.2) is 0 Å². The Hall–Kier alpha value is -3.35. The number of pyridine rings is 1. The Morgan fingerprint density at radius 2 is 1.38 bits per heavy atom. The Morgan fingerprint density at radius 3 is 1.83 bits per heavy atom. The van der Waals surface area contributed by atoms with Crippen LogP contribution in [-0.2, 0) is 0 Å². The maximum atomic E-state index is 13.2. The van der Waals surface area contributed by atoms with Crippen molar-refractivity contribution in [2.45, 2.75) is 0 Å². The minimum Gasteiger partial charge on any atom is -0.304 e. The molecule has 2 aromatic carbocycles. The molecule has 0 bridgehead atoms. The van der Waals surface area contributed by atoms with Crippen molar-refractivity contribution in [1.82, 2.24) is 4.98 Å². The summed E-state index contributed by atoms with van der Waals surface area (Å²) in [5.74, 6) is -0.857. The zero-order chi connectivity index (χ0) is 17.1. The average Bonchev–Trinajstić information content (AvgIpc) is 2.59. The van der Waals surface area contributed by atoms with Crippen molar-refractivity contribution in [1.29, 1.82) is 0 Å². The van der Waals surface area contributed by atoms with Gasteiger partial charge in [-0.2, -0.15) is 0 Å². The van der Waals surface area contributed by atoms with Crippen molar-refractivity contribution in [3.63, 3.8) is 0 Å². The Bertz CT molecular complexity index is 822. The molecule has 1 aromatic heterocycles. The molecule has 3 rings (SSSR count). The molecule has 0 amide bonds. The number of benzene rings is 2. The third-order valence-electron chi connectivity index (χ3n) is 3.38. The molecule has 3 aromatic rings. The average molecular weight is 327 g/mol. The molecular weight excluding hydrogens is 316 g/mol. The lowest BCUT2D eigenvalue weighted by molar-refractivity contribution is -0.384. The van der Waals surface area contributed by atoms with E-state index in [1.807, 2.05) is 0 Å². The fourth-order valence-electron chi connectivity index (χ4n) is 2.32. The summed E-state index contributed by atoms with van der Waals surface area (Å²) in [7, 11) is 0. The molecule has 0 spiro atoms. The third-order valence-corrected chi connectivity index (χ3v) is 3.38. The maximum Gasteiger partial charge on any atom is 0.311 e. The molecule has 0 radical (unpaired) electrons. The molecule has 1 heterocycles. The summed E-state index contributed by atoms with van der Waals surface area (Å²) in [4.78, 5) is 16.1. The second-order valence-corrected chi connectivity index (χ2v) is 4.91. The first kappa shape index (κ1) is 15.5. The standard InChI is InChI=1S/C17H11F2N3O2/c18-12-1-5-14(6-2-12)21(15-7-3-13(19)4-8-15)16-9-10-20-11-17(16)22(23)24/h1-11H. The van der Waals surface area contributed by atoms with Crippen LogP contribution in [0.25, 0.3) is 0 Å². The summed E-state index contributed by atoms with van der Waals surface area (Å²) in [6.45, 7) is 0.